The zero-order valence-corrected chi connectivity index (χ0v) is 18.4. The number of aliphatic imine (C=N–C) groups is 1. The maximum Gasteiger partial charge on any atom is 0.228 e. The molecular weight excluding hydrogens is 382 g/mol. The van der Waals surface area contributed by atoms with Crippen LogP contribution in [0.3, 0.4) is 0 Å². The van der Waals surface area contributed by atoms with E-state index >= 15 is 0 Å². The zero-order valence-electron chi connectivity index (χ0n) is 18.4. The Balaban J connectivity index is 1.48. The lowest BCUT2D eigenvalue weighted by molar-refractivity contribution is 0.0676. The molecule has 8 heteroatoms. The van der Waals surface area contributed by atoms with Gasteiger partial charge in [0.15, 0.2) is 11.8 Å². The minimum absolute atomic E-state index is 0.196. The topological polar surface area (TPSA) is 93.8 Å². The van der Waals surface area contributed by atoms with Crippen LogP contribution in [0.2, 0.25) is 0 Å². The second-order valence-corrected chi connectivity index (χ2v) is 7.86. The van der Waals surface area contributed by atoms with Crippen LogP contribution in [-0.2, 0) is 17.7 Å². The first-order chi connectivity index (χ1) is 14.5. The van der Waals surface area contributed by atoms with Gasteiger partial charge in [0.2, 0.25) is 5.89 Å². The summed E-state index contributed by atoms with van der Waals surface area (Å²) in [6.45, 7) is 8.84. The molecule has 1 aliphatic rings. The number of ether oxygens (including phenoxy) is 2. The molecule has 1 fully saturated rings. The summed E-state index contributed by atoms with van der Waals surface area (Å²) in [6, 6.07) is 6.25. The van der Waals surface area contributed by atoms with Gasteiger partial charge in [-0.05, 0) is 31.4 Å². The molecule has 2 heterocycles. The van der Waals surface area contributed by atoms with Crippen LogP contribution in [0, 0.1) is 6.92 Å². The van der Waals surface area contributed by atoms with Gasteiger partial charge in [-0.25, -0.2) is 0 Å². The summed E-state index contributed by atoms with van der Waals surface area (Å²) in [5.74, 6) is 3.23. The second kappa shape index (κ2) is 11.0. The third kappa shape index (κ3) is 6.45. The van der Waals surface area contributed by atoms with Gasteiger partial charge in [-0.1, -0.05) is 31.1 Å². The van der Waals surface area contributed by atoms with Crippen molar-refractivity contribution in [3.05, 3.63) is 41.0 Å². The smallest absolute Gasteiger partial charge is 0.228 e. The lowest BCUT2D eigenvalue weighted by Gasteiger charge is -2.17. The molecule has 30 heavy (non-hydrogen) atoms. The van der Waals surface area contributed by atoms with Gasteiger partial charge in [0.1, 0.15) is 12.4 Å². The average molecular weight is 416 g/mol. The number of rotatable bonds is 9. The SMILES string of the molecule is CN=C(NCCc1nc(C(C)C)no1)NCc1ccc(C)cc1OCC1CCCO1. The van der Waals surface area contributed by atoms with Gasteiger partial charge >= 0.3 is 0 Å². The Labute approximate surface area is 178 Å². The third-order valence-electron chi connectivity index (χ3n) is 4.97. The van der Waals surface area contributed by atoms with E-state index in [-0.39, 0.29) is 12.0 Å². The zero-order chi connectivity index (χ0) is 21.3. The summed E-state index contributed by atoms with van der Waals surface area (Å²) >= 11 is 0. The number of aryl methyl sites for hydroxylation is 1. The van der Waals surface area contributed by atoms with Gasteiger partial charge < -0.3 is 24.6 Å². The normalized spacial score (nSPS) is 16.8. The van der Waals surface area contributed by atoms with E-state index in [0.717, 1.165) is 36.6 Å². The van der Waals surface area contributed by atoms with E-state index in [4.69, 9.17) is 14.0 Å². The van der Waals surface area contributed by atoms with E-state index in [2.05, 4.69) is 50.9 Å². The summed E-state index contributed by atoms with van der Waals surface area (Å²) in [5, 5.41) is 10.6. The van der Waals surface area contributed by atoms with Gasteiger partial charge in [0.05, 0.1) is 6.10 Å². The van der Waals surface area contributed by atoms with Crippen LogP contribution >= 0.6 is 0 Å². The molecule has 1 atom stereocenters. The van der Waals surface area contributed by atoms with Crippen LogP contribution in [0.15, 0.2) is 27.7 Å². The third-order valence-corrected chi connectivity index (χ3v) is 4.97. The molecule has 0 radical (unpaired) electrons. The predicted molar refractivity (Wildman–Crippen MR) is 116 cm³/mol. The first kappa shape index (κ1) is 22.1. The highest BCUT2D eigenvalue weighted by molar-refractivity contribution is 5.79. The van der Waals surface area contributed by atoms with Gasteiger partial charge in [-0.2, -0.15) is 4.98 Å². The summed E-state index contributed by atoms with van der Waals surface area (Å²) in [7, 11) is 1.75. The first-order valence-electron chi connectivity index (χ1n) is 10.7. The Morgan fingerprint density at radius 2 is 2.20 bits per heavy atom. The van der Waals surface area contributed by atoms with Crippen molar-refractivity contribution in [2.75, 3.05) is 26.8 Å². The summed E-state index contributed by atoms with van der Waals surface area (Å²) < 4.78 is 17.0. The molecule has 0 amide bonds. The second-order valence-electron chi connectivity index (χ2n) is 7.86. The van der Waals surface area contributed by atoms with Crippen LogP contribution in [-0.4, -0.2) is 49.0 Å². The molecule has 1 saturated heterocycles. The summed E-state index contributed by atoms with van der Waals surface area (Å²) in [5.41, 5.74) is 2.25. The fraction of sp³-hybridized carbons (Fsp3) is 0.591. The molecule has 1 aromatic heterocycles. The summed E-state index contributed by atoms with van der Waals surface area (Å²) in [4.78, 5) is 8.69. The van der Waals surface area contributed by atoms with Gasteiger partial charge in [0, 0.05) is 44.6 Å². The van der Waals surface area contributed by atoms with E-state index < -0.39 is 0 Å². The van der Waals surface area contributed by atoms with E-state index in [0.29, 0.717) is 38.0 Å². The minimum atomic E-state index is 0.196. The highest BCUT2D eigenvalue weighted by atomic mass is 16.5. The van der Waals surface area contributed by atoms with Crippen LogP contribution in [0.25, 0.3) is 0 Å². The fourth-order valence-corrected chi connectivity index (χ4v) is 3.19. The number of benzene rings is 1. The predicted octanol–water partition coefficient (Wildman–Crippen LogP) is 2.97. The number of guanidine groups is 1. The number of aromatic nitrogens is 2. The molecule has 1 unspecified atom stereocenters. The molecular formula is C22H33N5O3. The van der Waals surface area contributed by atoms with Crippen molar-refractivity contribution in [3.63, 3.8) is 0 Å². The number of nitrogens with one attached hydrogen (secondary N) is 2. The van der Waals surface area contributed by atoms with Crippen molar-refractivity contribution in [1.29, 1.82) is 0 Å². The average Bonchev–Trinajstić information content (AvgIpc) is 3.42. The molecule has 164 valence electrons. The maximum atomic E-state index is 6.08. The van der Waals surface area contributed by atoms with Gasteiger partial charge in [-0.15, -0.1) is 0 Å². The largest absolute Gasteiger partial charge is 0.491 e. The van der Waals surface area contributed by atoms with Crippen molar-refractivity contribution >= 4 is 5.96 Å². The van der Waals surface area contributed by atoms with Crippen molar-refractivity contribution in [3.8, 4) is 5.75 Å². The molecule has 0 aliphatic carbocycles. The summed E-state index contributed by atoms with van der Waals surface area (Å²) in [6.07, 6.45) is 3.01. The quantitative estimate of drug-likeness (QED) is 0.480. The molecule has 1 aromatic carbocycles. The lowest BCUT2D eigenvalue weighted by Crippen LogP contribution is -2.38. The molecule has 0 saturated carbocycles. The molecule has 2 N–H and O–H groups in total. The van der Waals surface area contributed by atoms with Crippen molar-refractivity contribution in [2.45, 2.75) is 58.6 Å². The van der Waals surface area contributed by atoms with Crippen LogP contribution in [0.4, 0.5) is 0 Å². The number of hydrogen-bond donors (Lipinski definition) is 2. The van der Waals surface area contributed by atoms with E-state index in [1.54, 1.807) is 7.05 Å². The van der Waals surface area contributed by atoms with Crippen molar-refractivity contribution in [2.24, 2.45) is 4.99 Å². The number of hydrogen-bond acceptors (Lipinski definition) is 6. The van der Waals surface area contributed by atoms with Gasteiger partial charge in [-0.3, -0.25) is 4.99 Å². The lowest BCUT2D eigenvalue weighted by atomic mass is 10.1. The van der Waals surface area contributed by atoms with Crippen LogP contribution in [0.1, 0.15) is 55.4 Å². The van der Waals surface area contributed by atoms with Crippen LogP contribution < -0.4 is 15.4 Å². The Hall–Kier alpha value is -2.61. The van der Waals surface area contributed by atoms with Crippen molar-refractivity contribution in [1.82, 2.24) is 20.8 Å². The van der Waals surface area contributed by atoms with Crippen molar-refractivity contribution < 1.29 is 14.0 Å². The molecule has 2 aromatic rings. The van der Waals surface area contributed by atoms with Crippen LogP contribution in [0.5, 0.6) is 5.75 Å². The Bertz CT molecular complexity index is 828. The molecule has 1 aliphatic heterocycles. The molecule has 0 spiro atoms. The standard InChI is InChI=1S/C22H33N5O3/c1-15(2)21-26-20(30-27-21)9-10-24-22(23-4)25-13-17-8-7-16(3)12-19(17)29-14-18-6-5-11-28-18/h7-8,12,15,18H,5-6,9-11,13-14H2,1-4H3,(H2,23,24,25). The number of nitrogens with zero attached hydrogens (tertiary/aromatic N) is 3. The van der Waals surface area contributed by atoms with E-state index in [9.17, 15) is 0 Å². The van der Waals surface area contributed by atoms with E-state index in [1.807, 2.05) is 13.8 Å². The molecule has 0 bridgehead atoms. The monoisotopic (exact) mass is 415 g/mol. The van der Waals surface area contributed by atoms with Gasteiger partial charge in [0.25, 0.3) is 0 Å². The molecule has 3 rings (SSSR count). The first-order valence-corrected chi connectivity index (χ1v) is 10.7. The Morgan fingerprint density at radius 3 is 2.90 bits per heavy atom. The van der Waals surface area contributed by atoms with E-state index in [1.165, 1.54) is 5.56 Å². The maximum absolute atomic E-state index is 6.08. The Kier molecular flexibility index (Phi) is 8.07. The minimum Gasteiger partial charge on any atom is -0.491 e. The Morgan fingerprint density at radius 1 is 1.33 bits per heavy atom. The highest BCUT2D eigenvalue weighted by Gasteiger charge is 2.17. The fourth-order valence-electron chi connectivity index (χ4n) is 3.19. The highest BCUT2D eigenvalue weighted by Crippen LogP contribution is 2.22. The molecule has 8 nitrogen and oxygen atoms in total.